The lowest BCUT2D eigenvalue weighted by Crippen LogP contribution is -2.41. The Morgan fingerprint density at radius 2 is 2.20 bits per heavy atom. The van der Waals surface area contributed by atoms with Gasteiger partial charge in [-0.2, -0.15) is 11.8 Å². The van der Waals surface area contributed by atoms with Gasteiger partial charge >= 0.3 is 0 Å². The standard InChI is InChI=1S/C14H22N2O3S/c1-10-12(6-5-7-13(10)16(18)19)11(2)15-8-14(3,17)9-20-4/h5-7,11,15,17H,8-9H2,1-4H3. The molecule has 0 fully saturated rings. The van der Waals surface area contributed by atoms with Crippen LogP contribution in [0, 0.1) is 17.0 Å². The molecule has 2 atom stereocenters. The number of benzene rings is 1. The molecule has 2 N–H and O–H groups in total. The molecule has 0 aliphatic heterocycles. The molecule has 0 bridgehead atoms. The molecule has 1 aromatic rings. The minimum Gasteiger partial charge on any atom is -0.388 e. The number of hydrogen-bond acceptors (Lipinski definition) is 5. The summed E-state index contributed by atoms with van der Waals surface area (Å²) in [6.45, 7) is 5.92. The van der Waals surface area contributed by atoms with E-state index in [4.69, 9.17) is 0 Å². The van der Waals surface area contributed by atoms with Crippen LogP contribution in [0.1, 0.15) is 31.0 Å². The van der Waals surface area contributed by atoms with Crippen LogP contribution in [-0.4, -0.2) is 34.2 Å². The quantitative estimate of drug-likeness (QED) is 0.598. The predicted molar refractivity (Wildman–Crippen MR) is 83.3 cm³/mol. The van der Waals surface area contributed by atoms with E-state index in [1.807, 2.05) is 19.2 Å². The van der Waals surface area contributed by atoms with Gasteiger partial charge in [0.15, 0.2) is 0 Å². The van der Waals surface area contributed by atoms with Crippen molar-refractivity contribution < 1.29 is 10.0 Å². The fraction of sp³-hybridized carbons (Fsp3) is 0.571. The molecule has 112 valence electrons. The van der Waals surface area contributed by atoms with Crippen LogP contribution in [0.4, 0.5) is 5.69 Å². The van der Waals surface area contributed by atoms with Gasteiger partial charge in [0.05, 0.1) is 10.5 Å². The maximum Gasteiger partial charge on any atom is 0.272 e. The highest BCUT2D eigenvalue weighted by Crippen LogP contribution is 2.26. The van der Waals surface area contributed by atoms with Crippen molar-refractivity contribution in [3.63, 3.8) is 0 Å². The summed E-state index contributed by atoms with van der Waals surface area (Å²) in [5, 5.41) is 24.3. The second-order valence-electron chi connectivity index (χ2n) is 5.28. The van der Waals surface area contributed by atoms with Crippen LogP contribution in [-0.2, 0) is 0 Å². The van der Waals surface area contributed by atoms with Crippen molar-refractivity contribution >= 4 is 17.4 Å². The number of hydrogen-bond donors (Lipinski definition) is 2. The van der Waals surface area contributed by atoms with E-state index in [2.05, 4.69) is 5.32 Å². The van der Waals surface area contributed by atoms with Crippen LogP contribution in [0.2, 0.25) is 0 Å². The second kappa shape index (κ2) is 7.06. The number of aliphatic hydroxyl groups is 1. The zero-order valence-corrected chi connectivity index (χ0v) is 13.2. The molecule has 0 aliphatic rings. The van der Waals surface area contributed by atoms with Crippen molar-refractivity contribution in [3.05, 3.63) is 39.4 Å². The van der Waals surface area contributed by atoms with Gasteiger partial charge < -0.3 is 10.4 Å². The predicted octanol–water partition coefficient (Wildman–Crippen LogP) is 2.67. The first-order valence-electron chi connectivity index (χ1n) is 6.47. The average Bonchev–Trinajstić information content (AvgIpc) is 2.36. The number of rotatable bonds is 7. The first-order valence-corrected chi connectivity index (χ1v) is 7.86. The molecule has 0 saturated heterocycles. The molecule has 0 radical (unpaired) electrons. The number of nitrogens with one attached hydrogen (secondary N) is 1. The van der Waals surface area contributed by atoms with Gasteiger partial charge in [-0.15, -0.1) is 0 Å². The Morgan fingerprint density at radius 3 is 2.75 bits per heavy atom. The third-order valence-corrected chi connectivity index (χ3v) is 4.17. The third kappa shape index (κ3) is 4.47. The zero-order valence-electron chi connectivity index (χ0n) is 12.3. The molecule has 2 unspecified atom stereocenters. The van der Waals surface area contributed by atoms with E-state index >= 15 is 0 Å². The van der Waals surface area contributed by atoms with Crippen LogP contribution < -0.4 is 5.32 Å². The van der Waals surface area contributed by atoms with Gasteiger partial charge in [0.25, 0.3) is 5.69 Å². The molecule has 6 heteroatoms. The van der Waals surface area contributed by atoms with Gasteiger partial charge in [-0.3, -0.25) is 10.1 Å². The summed E-state index contributed by atoms with van der Waals surface area (Å²) in [6.07, 6.45) is 1.95. The van der Waals surface area contributed by atoms with E-state index in [-0.39, 0.29) is 16.7 Å². The minimum atomic E-state index is -0.789. The Kier molecular flexibility index (Phi) is 5.98. The molecule has 0 spiro atoms. The van der Waals surface area contributed by atoms with Gasteiger partial charge in [0.2, 0.25) is 0 Å². The SMILES string of the molecule is CSCC(C)(O)CNC(C)c1cccc([N+](=O)[O-])c1C. The summed E-state index contributed by atoms with van der Waals surface area (Å²) in [5.41, 5.74) is 0.899. The maximum atomic E-state index is 10.9. The monoisotopic (exact) mass is 298 g/mol. The highest BCUT2D eigenvalue weighted by Gasteiger charge is 2.22. The number of nitrogens with zero attached hydrogens (tertiary/aromatic N) is 1. The van der Waals surface area contributed by atoms with Crippen molar-refractivity contribution in [1.29, 1.82) is 0 Å². The highest BCUT2D eigenvalue weighted by atomic mass is 32.2. The maximum absolute atomic E-state index is 10.9. The summed E-state index contributed by atoms with van der Waals surface area (Å²) >= 11 is 1.59. The average molecular weight is 298 g/mol. The molecule has 5 nitrogen and oxygen atoms in total. The van der Waals surface area contributed by atoms with Crippen LogP contribution in [0.5, 0.6) is 0 Å². The van der Waals surface area contributed by atoms with Crippen molar-refractivity contribution in [2.45, 2.75) is 32.4 Å². The van der Waals surface area contributed by atoms with Crippen LogP contribution in [0.15, 0.2) is 18.2 Å². The molecule has 0 amide bonds. The van der Waals surface area contributed by atoms with Crippen molar-refractivity contribution in [2.24, 2.45) is 0 Å². The molecule has 0 aromatic heterocycles. The zero-order chi connectivity index (χ0) is 15.3. The lowest BCUT2D eigenvalue weighted by molar-refractivity contribution is -0.385. The molecule has 1 aromatic carbocycles. The Morgan fingerprint density at radius 1 is 1.55 bits per heavy atom. The van der Waals surface area contributed by atoms with Gasteiger partial charge in [-0.05, 0) is 32.6 Å². The second-order valence-corrected chi connectivity index (χ2v) is 6.15. The number of thioether (sulfide) groups is 1. The van der Waals surface area contributed by atoms with Gasteiger partial charge in [-0.1, -0.05) is 12.1 Å². The number of nitro benzene ring substituents is 1. The highest BCUT2D eigenvalue weighted by molar-refractivity contribution is 7.98. The topological polar surface area (TPSA) is 75.4 Å². The first kappa shape index (κ1) is 16.9. The lowest BCUT2D eigenvalue weighted by Gasteiger charge is -2.26. The molecule has 20 heavy (non-hydrogen) atoms. The van der Waals surface area contributed by atoms with E-state index in [1.54, 1.807) is 31.7 Å². The molecule has 0 aliphatic carbocycles. The van der Waals surface area contributed by atoms with Crippen LogP contribution in [0.25, 0.3) is 0 Å². The van der Waals surface area contributed by atoms with E-state index < -0.39 is 5.60 Å². The van der Waals surface area contributed by atoms with Crippen molar-refractivity contribution in [1.82, 2.24) is 5.32 Å². The molecule has 0 saturated carbocycles. The smallest absolute Gasteiger partial charge is 0.272 e. The Balaban J connectivity index is 2.81. The van der Waals surface area contributed by atoms with E-state index in [0.29, 0.717) is 17.9 Å². The summed E-state index contributed by atoms with van der Waals surface area (Å²) in [7, 11) is 0. The van der Waals surface area contributed by atoms with Gasteiger partial charge in [-0.25, -0.2) is 0 Å². The van der Waals surface area contributed by atoms with E-state index in [1.165, 1.54) is 6.07 Å². The Hall–Kier alpha value is -1.11. The lowest BCUT2D eigenvalue weighted by atomic mass is 10.00. The van der Waals surface area contributed by atoms with Crippen molar-refractivity contribution in [3.8, 4) is 0 Å². The summed E-state index contributed by atoms with van der Waals surface area (Å²) < 4.78 is 0. The fourth-order valence-electron chi connectivity index (χ4n) is 2.15. The van der Waals surface area contributed by atoms with Gasteiger partial charge in [0, 0.05) is 30.0 Å². The normalized spacial score (nSPS) is 15.7. The van der Waals surface area contributed by atoms with Crippen molar-refractivity contribution in [2.75, 3.05) is 18.6 Å². The van der Waals surface area contributed by atoms with E-state index in [9.17, 15) is 15.2 Å². The molecule has 0 heterocycles. The van der Waals surface area contributed by atoms with Crippen LogP contribution in [0.3, 0.4) is 0 Å². The van der Waals surface area contributed by atoms with E-state index in [0.717, 1.165) is 5.56 Å². The number of nitro groups is 1. The summed E-state index contributed by atoms with van der Waals surface area (Å²) in [4.78, 5) is 10.6. The largest absolute Gasteiger partial charge is 0.388 e. The van der Waals surface area contributed by atoms with Crippen LogP contribution >= 0.6 is 11.8 Å². The Labute approximate surface area is 123 Å². The third-order valence-electron chi connectivity index (χ3n) is 3.25. The summed E-state index contributed by atoms with van der Waals surface area (Å²) in [6, 6.07) is 5.03. The summed E-state index contributed by atoms with van der Waals surface area (Å²) in [5.74, 6) is 0.640. The molecular formula is C14H22N2O3S. The van der Waals surface area contributed by atoms with Gasteiger partial charge in [0.1, 0.15) is 0 Å². The Bertz CT molecular complexity index is 477. The first-order chi connectivity index (χ1) is 9.28. The minimum absolute atomic E-state index is 0.0526. The molecule has 1 rings (SSSR count). The fourth-order valence-corrected chi connectivity index (χ4v) is 2.88. The molecular weight excluding hydrogens is 276 g/mol.